The average molecular weight is 280 g/mol. The summed E-state index contributed by atoms with van der Waals surface area (Å²) in [4.78, 5) is 4.55. The number of benzene rings is 1. The second kappa shape index (κ2) is 5.84. The van der Waals surface area contributed by atoms with Crippen molar-refractivity contribution in [2.24, 2.45) is 0 Å². The van der Waals surface area contributed by atoms with Crippen LogP contribution in [0.15, 0.2) is 30.3 Å². The van der Waals surface area contributed by atoms with Crippen LogP contribution in [0, 0.1) is 11.3 Å². The molecule has 0 bridgehead atoms. The maximum atomic E-state index is 9.30. The molecule has 0 amide bonds. The molecule has 4 nitrogen and oxygen atoms in total. The Labute approximate surface area is 124 Å². The number of fused-ring (bicyclic) bond motifs is 1. The normalized spacial score (nSPS) is 13.1. The van der Waals surface area contributed by atoms with Crippen molar-refractivity contribution in [2.45, 2.75) is 25.7 Å². The molecule has 0 unspecified atom stereocenters. The summed E-state index contributed by atoms with van der Waals surface area (Å²) in [6.07, 6.45) is 4.26. The van der Waals surface area contributed by atoms with Gasteiger partial charge in [-0.3, -0.25) is 0 Å². The number of rotatable bonds is 3. The van der Waals surface area contributed by atoms with E-state index in [0.29, 0.717) is 22.9 Å². The molecule has 0 aliphatic heterocycles. The first-order valence-electron chi connectivity index (χ1n) is 7.05. The highest BCUT2D eigenvalue weighted by Crippen LogP contribution is 2.30. The van der Waals surface area contributed by atoms with Crippen LogP contribution in [0.2, 0.25) is 0 Å². The summed E-state index contributed by atoms with van der Waals surface area (Å²) in [6.45, 7) is 0. The van der Waals surface area contributed by atoms with Crippen LogP contribution in [0.1, 0.15) is 29.7 Å². The molecule has 3 rings (SSSR count). The number of aryl methyl sites for hydroxylation is 2. The zero-order valence-corrected chi connectivity index (χ0v) is 11.9. The predicted octanol–water partition coefficient (Wildman–Crippen LogP) is 3.63. The Bertz CT molecular complexity index is 704. The number of methoxy groups -OCH3 is 1. The molecule has 4 heteroatoms. The lowest BCUT2D eigenvalue weighted by Gasteiger charge is -2.16. The third kappa shape index (κ3) is 2.82. The molecule has 0 saturated carbocycles. The molecular formula is C17H16N2O2. The Balaban J connectivity index is 1.95. The van der Waals surface area contributed by atoms with Gasteiger partial charge < -0.3 is 9.47 Å². The van der Waals surface area contributed by atoms with Crippen molar-refractivity contribution < 1.29 is 9.47 Å². The smallest absolute Gasteiger partial charge is 0.237 e. The molecule has 0 saturated heterocycles. The molecule has 1 aliphatic rings. The van der Waals surface area contributed by atoms with Gasteiger partial charge in [0.05, 0.1) is 7.11 Å². The van der Waals surface area contributed by atoms with E-state index in [0.717, 1.165) is 31.4 Å². The quantitative estimate of drug-likeness (QED) is 0.861. The zero-order chi connectivity index (χ0) is 14.7. The minimum Gasteiger partial charge on any atom is -0.497 e. The van der Waals surface area contributed by atoms with E-state index < -0.39 is 0 Å². The van der Waals surface area contributed by atoms with E-state index in [9.17, 15) is 5.26 Å². The SMILES string of the molecule is COc1cccc(Oc2nc3c(cc2C#N)CCCC3)c1. The van der Waals surface area contributed by atoms with E-state index in [1.165, 1.54) is 5.56 Å². The highest BCUT2D eigenvalue weighted by atomic mass is 16.5. The van der Waals surface area contributed by atoms with E-state index in [4.69, 9.17) is 9.47 Å². The van der Waals surface area contributed by atoms with Crippen molar-refractivity contribution in [1.29, 1.82) is 5.26 Å². The first kappa shape index (κ1) is 13.4. The van der Waals surface area contributed by atoms with Gasteiger partial charge in [0.1, 0.15) is 23.1 Å². The lowest BCUT2D eigenvalue weighted by Crippen LogP contribution is -2.07. The number of ether oxygens (including phenoxy) is 2. The van der Waals surface area contributed by atoms with Gasteiger partial charge in [-0.1, -0.05) is 6.07 Å². The van der Waals surface area contributed by atoms with Gasteiger partial charge >= 0.3 is 0 Å². The Morgan fingerprint density at radius 2 is 1.95 bits per heavy atom. The van der Waals surface area contributed by atoms with Gasteiger partial charge in [-0.25, -0.2) is 4.98 Å². The minimum atomic E-state index is 0.381. The molecule has 1 aromatic heterocycles. The van der Waals surface area contributed by atoms with Crippen molar-refractivity contribution >= 4 is 0 Å². The molecular weight excluding hydrogens is 264 g/mol. The largest absolute Gasteiger partial charge is 0.497 e. The maximum absolute atomic E-state index is 9.30. The van der Waals surface area contributed by atoms with Crippen molar-refractivity contribution in [3.63, 3.8) is 0 Å². The molecule has 0 atom stereocenters. The summed E-state index contributed by atoms with van der Waals surface area (Å²) in [5.41, 5.74) is 2.72. The standard InChI is InChI=1S/C17H16N2O2/c1-20-14-6-4-7-15(10-14)21-17-13(11-18)9-12-5-2-3-8-16(12)19-17/h4,6-7,9-10H,2-3,5,8H2,1H3. The van der Waals surface area contributed by atoms with Gasteiger partial charge in [-0.05, 0) is 49.4 Å². The number of hydrogen-bond donors (Lipinski definition) is 0. The summed E-state index contributed by atoms with van der Waals surface area (Å²) in [7, 11) is 1.61. The summed E-state index contributed by atoms with van der Waals surface area (Å²) >= 11 is 0. The zero-order valence-electron chi connectivity index (χ0n) is 11.9. The van der Waals surface area contributed by atoms with Gasteiger partial charge in [0.2, 0.25) is 5.88 Å². The van der Waals surface area contributed by atoms with Crippen molar-refractivity contribution in [3.8, 4) is 23.4 Å². The second-order valence-corrected chi connectivity index (χ2v) is 5.05. The fourth-order valence-corrected chi connectivity index (χ4v) is 2.55. The molecule has 2 aromatic rings. The first-order valence-corrected chi connectivity index (χ1v) is 7.05. The number of nitriles is 1. The van der Waals surface area contributed by atoms with Crippen LogP contribution in [0.25, 0.3) is 0 Å². The molecule has 1 aromatic carbocycles. The lowest BCUT2D eigenvalue weighted by molar-refractivity contribution is 0.406. The topological polar surface area (TPSA) is 55.1 Å². The van der Waals surface area contributed by atoms with E-state index in [-0.39, 0.29) is 0 Å². The van der Waals surface area contributed by atoms with Crippen LogP contribution in [-0.2, 0) is 12.8 Å². The summed E-state index contributed by atoms with van der Waals surface area (Å²) in [6, 6.07) is 11.4. The molecule has 0 fully saturated rings. The molecule has 1 heterocycles. The van der Waals surface area contributed by atoms with Crippen LogP contribution in [0.4, 0.5) is 0 Å². The Hall–Kier alpha value is -2.54. The monoisotopic (exact) mass is 280 g/mol. The van der Waals surface area contributed by atoms with Gasteiger partial charge in [-0.15, -0.1) is 0 Å². The third-order valence-corrected chi connectivity index (χ3v) is 3.64. The van der Waals surface area contributed by atoms with Crippen LogP contribution in [0.5, 0.6) is 17.4 Å². The van der Waals surface area contributed by atoms with E-state index in [2.05, 4.69) is 11.1 Å². The van der Waals surface area contributed by atoms with Gasteiger partial charge in [0, 0.05) is 11.8 Å². The summed E-state index contributed by atoms with van der Waals surface area (Å²) in [5.74, 6) is 1.71. The minimum absolute atomic E-state index is 0.381. The van der Waals surface area contributed by atoms with Crippen molar-refractivity contribution in [3.05, 3.63) is 47.2 Å². The van der Waals surface area contributed by atoms with E-state index >= 15 is 0 Å². The van der Waals surface area contributed by atoms with Crippen molar-refractivity contribution in [1.82, 2.24) is 4.98 Å². The number of nitrogens with zero attached hydrogens (tertiary/aromatic N) is 2. The summed E-state index contributed by atoms with van der Waals surface area (Å²) < 4.78 is 11.0. The highest BCUT2D eigenvalue weighted by Gasteiger charge is 2.16. The van der Waals surface area contributed by atoms with Crippen LogP contribution >= 0.6 is 0 Å². The molecule has 0 spiro atoms. The molecule has 1 aliphatic carbocycles. The van der Waals surface area contributed by atoms with Gasteiger partial charge in [0.25, 0.3) is 0 Å². The van der Waals surface area contributed by atoms with Crippen LogP contribution in [0.3, 0.4) is 0 Å². The second-order valence-electron chi connectivity index (χ2n) is 5.05. The van der Waals surface area contributed by atoms with E-state index in [1.807, 2.05) is 24.3 Å². The van der Waals surface area contributed by atoms with Gasteiger partial charge in [0.15, 0.2) is 0 Å². The maximum Gasteiger partial charge on any atom is 0.237 e. The number of pyridine rings is 1. The molecule has 0 N–H and O–H groups in total. The number of hydrogen-bond acceptors (Lipinski definition) is 4. The van der Waals surface area contributed by atoms with Crippen LogP contribution in [-0.4, -0.2) is 12.1 Å². The first-order chi connectivity index (χ1) is 10.3. The summed E-state index contributed by atoms with van der Waals surface area (Å²) in [5, 5.41) is 9.30. The Kier molecular flexibility index (Phi) is 3.74. The van der Waals surface area contributed by atoms with E-state index in [1.54, 1.807) is 13.2 Å². The molecule has 0 radical (unpaired) electrons. The number of aromatic nitrogens is 1. The fraction of sp³-hybridized carbons (Fsp3) is 0.294. The Morgan fingerprint density at radius 3 is 2.76 bits per heavy atom. The van der Waals surface area contributed by atoms with Crippen LogP contribution < -0.4 is 9.47 Å². The Morgan fingerprint density at radius 1 is 1.14 bits per heavy atom. The third-order valence-electron chi connectivity index (χ3n) is 3.64. The van der Waals surface area contributed by atoms with Crippen molar-refractivity contribution in [2.75, 3.05) is 7.11 Å². The molecule has 21 heavy (non-hydrogen) atoms. The highest BCUT2D eigenvalue weighted by molar-refractivity contribution is 5.46. The average Bonchev–Trinajstić information content (AvgIpc) is 2.54. The van der Waals surface area contributed by atoms with Gasteiger partial charge in [-0.2, -0.15) is 5.26 Å². The predicted molar refractivity (Wildman–Crippen MR) is 78.7 cm³/mol. The lowest BCUT2D eigenvalue weighted by atomic mass is 9.95. The molecule has 106 valence electrons. The fourth-order valence-electron chi connectivity index (χ4n) is 2.55.